The van der Waals surface area contributed by atoms with E-state index in [0.717, 1.165) is 50.1 Å². The first-order valence-corrected chi connectivity index (χ1v) is 21.5. The van der Waals surface area contributed by atoms with Crippen molar-refractivity contribution < 1.29 is 4.74 Å². The number of halogens is 1. The normalized spacial score (nSPS) is 12.3. The summed E-state index contributed by atoms with van der Waals surface area (Å²) in [5, 5.41) is 0. The van der Waals surface area contributed by atoms with Crippen molar-refractivity contribution >= 4 is 50.1 Å². The number of nitrogens with zero attached hydrogens (tertiary/aromatic N) is 2. The van der Waals surface area contributed by atoms with E-state index in [1.807, 2.05) is 6.07 Å². The molecule has 1 aliphatic carbocycles. The SMILES string of the molecule is CC1(C)c2ccc(Oc3cccc(N(c4ccc(-c5ccccc5)cc4)c4ccc(-c5ccccc5)cc4)c3Br)cc2-c2ccc(N(c3ccccc3)c3ccccc3)cc21. The predicted octanol–water partition coefficient (Wildman–Crippen LogP) is 16.8. The van der Waals surface area contributed by atoms with Crippen molar-refractivity contribution in [2.24, 2.45) is 0 Å². The minimum atomic E-state index is -0.203. The van der Waals surface area contributed by atoms with Crippen LogP contribution in [0.5, 0.6) is 11.5 Å². The van der Waals surface area contributed by atoms with E-state index in [4.69, 9.17) is 4.74 Å². The summed E-state index contributed by atoms with van der Waals surface area (Å²) in [6.07, 6.45) is 0. The van der Waals surface area contributed by atoms with Gasteiger partial charge < -0.3 is 14.5 Å². The van der Waals surface area contributed by atoms with Gasteiger partial charge in [0.1, 0.15) is 11.5 Å². The minimum Gasteiger partial charge on any atom is -0.456 e. The Morgan fingerprint density at radius 3 is 1.39 bits per heavy atom. The summed E-state index contributed by atoms with van der Waals surface area (Å²) in [5.41, 5.74) is 15.9. The van der Waals surface area contributed by atoms with Crippen LogP contribution in [-0.2, 0) is 5.41 Å². The number of hydrogen-bond donors (Lipinski definition) is 0. The van der Waals surface area contributed by atoms with Gasteiger partial charge in [0.05, 0.1) is 10.2 Å². The molecule has 0 fully saturated rings. The molecule has 4 heteroatoms. The van der Waals surface area contributed by atoms with Gasteiger partial charge in [0.25, 0.3) is 0 Å². The van der Waals surface area contributed by atoms with Gasteiger partial charge in [-0.1, -0.05) is 153 Å². The average Bonchev–Trinajstić information content (AvgIpc) is 3.54. The molecule has 0 aliphatic heterocycles. The Hall–Kier alpha value is -7.14. The number of ether oxygens (including phenoxy) is 1. The average molecular weight is 852 g/mol. The number of fused-ring (bicyclic) bond motifs is 3. The van der Waals surface area contributed by atoms with Crippen molar-refractivity contribution in [1.29, 1.82) is 0 Å². The van der Waals surface area contributed by atoms with Gasteiger partial charge in [-0.05, 0) is 145 Å². The second-order valence-corrected chi connectivity index (χ2v) is 16.7. The van der Waals surface area contributed by atoms with E-state index in [1.165, 1.54) is 44.5 Å². The van der Waals surface area contributed by atoms with E-state index in [9.17, 15) is 0 Å². The van der Waals surface area contributed by atoms with E-state index < -0.39 is 0 Å². The van der Waals surface area contributed by atoms with Gasteiger partial charge in [0.15, 0.2) is 0 Å². The van der Waals surface area contributed by atoms with Gasteiger partial charge in [-0.15, -0.1) is 0 Å². The summed E-state index contributed by atoms with van der Waals surface area (Å²) in [7, 11) is 0. The lowest BCUT2D eigenvalue weighted by Crippen LogP contribution is -2.16. The van der Waals surface area contributed by atoms with Crippen LogP contribution < -0.4 is 14.5 Å². The molecule has 0 spiro atoms. The molecule has 3 nitrogen and oxygen atoms in total. The number of anilines is 6. The lowest BCUT2D eigenvalue weighted by atomic mass is 9.82. The van der Waals surface area contributed by atoms with Crippen LogP contribution in [0.3, 0.4) is 0 Å². The zero-order chi connectivity index (χ0) is 41.3. The van der Waals surface area contributed by atoms with Gasteiger partial charge >= 0.3 is 0 Å². The Labute approximate surface area is 366 Å². The molecule has 0 aromatic heterocycles. The molecule has 0 N–H and O–H groups in total. The van der Waals surface area contributed by atoms with Crippen LogP contribution in [0.4, 0.5) is 34.1 Å². The molecular weight excluding hydrogens is 809 g/mol. The van der Waals surface area contributed by atoms with E-state index in [0.29, 0.717) is 0 Å². The Balaban J connectivity index is 0.999. The molecule has 0 atom stereocenters. The Morgan fingerprint density at radius 1 is 0.377 bits per heavy atom. The molecule has 9 aromatic rings. The zero-order valence-corrected chi connectivity index (χ0v) is 35.6. The molecule has 0 saturated heterocycles. The third-order valence-electron chi connectivity index (χ3n) is 11.8. The van der Waals surface area contributed by atoms with Gasteiger partial charge in [0.2, 0.25) is 0 Å². The number of rotatable bonds is 10. The second-order valence-electron chi connectivity index (χ2n) is 15.9. The lowest BCUT2D eigenvalue weighted by Gasteiger charge is -2.28. The van der Waals surface area contributed by atoms with E-state index in [1.54, 1.807) is 0 Å². The first kappa shape index (κ1) is 38.1. The molecule has 294 valence electrons. The van der Waals surface area contributed by atoms with E-state index in [2.05, 4.69) is 258 Å². The summed E-state index contributed by atoms with van der Waals surface area (Å²) in [6.45, 7) is 4.65. The van der Waals surface area contributed by atoms with Crippen molar-refractivity contribution in [1.82, 2.24) is 0 Å². The van der Waals surface area contributed by atoms with Crippen LogP contribution in [0.2, 0.25) is 0 Å². The van der Waals surface area contributed by atoms with Crippen molar-refractivity contribution in [3.8, 4) is 44.9 Å². The van der Waals surface area contributed by atoms with Crippen molar-refractivity contribution in [3.63, 3.8) is 0 Å². The predicted molar refractivity (Wildman–Crippen MR) is 258 cm³/mol. The molecule has 0 unspecified atom stereocenters. The standard InChI is InChI=1S/C57H43BrN2O/c1-57(2)52-37-35-49(39-51(52)50-36-34-48(38-53(50)57)59(44-20-11-5-12-21-44)45-22-13-6-14-23-45)61-55-25-15-24-54(56(55)58)60(46-30-26-42(27-31-46)40-16-7-3-8-17-40)47-32-28-43(29-33-47)41-18-9-4-10-19-41/h3-39H,1-2H3. The van der Waals surface area contributed by atoms with Crippen molar-refractivity contribution in [2.45, 2.75) is 19.3 Å². The third kappa shape index (κ3) is 7.30. The lowest BCUT2D eigenvalue weighted by molar-refractivity contribution is 0.479. The van der Waals surface area contributed by atoms with Gasteiger partial charge in [-0.3, -0.25) is 0 Å². The smallest absolute Gasteiger partial charge is 0.143 e. The van der Waals surface area contributed by atoms with Crippen LogP contribution in [0.25, 0.3) is 33.4 Å². The molecule has 61 heavy (non-hydrogen) atoms. The Bertz CT molecular complexity index is 2830. The molecule has 1 aliphatic rings. The molecule has 0 heterocycles. The largest absolute Gasteiger partial charge is 0.456 e. The molecule has 0 radical (unpaired) electrons. The summed E-state index contributed by atoms with van der Waals surface area (Å²) >= 11 is 4.03. The van der Waals surface area contributed by atoms with Gasteiger partial charge in [-0.2, -0.15) is 0 Å². The Morgan fingerprint density at radius 2 is 0.852 bits per heavy atom. The first-order valence-electron chi connectivity index (χ1n) is 20.7. The topological polar surface area (TPSA) is 15.7 Å². The summed E-state index contributed by atoms with van der Waals surface area (Å²) in [6, 6.07) is 79.4. The summed E-state index contributed by atoms with van der Waals surface area (Å²) in [5.74, 6) is 1.52. The fraction of sp³-hybridized carbons (Fsp3) is 0.0526. The van der Waals surface area contributed by atoms with Crippen LogP contribution >= 0.6 is 15.9 Å². The highest BCUT2D eigenvalue weighted by Crippen LogP contribution is 2.52. The van der Waals surface area contributed by atoms with E-state index >= 15 is 0 Å². The van der Waals surface area contributed by atoms with Gasteiger partial charge in [-0.25, -0.2) is 0 Å². The Kier molecular flexibility index (Phi) is 10.1. The fourth-order valence-corrected chi connectivity index (χ4v) is 9.22. The highest BCUT2D eigenvalue weighted by atomic mass is 79.9. The maximum atomic E-state index is 6.83. The van der Waals surface area contributed by atoms with Crippen LogP contribution in [-0.4, -0.2) is 0 Å². The summed E-state index contributed by atoms with van der Waals surface area (Å²) < 4.78 is 7.69. The van der Waals surface area contributed by atoms with Gasteiger partial charge in [0, 0.05) is 33.9 Å². The second kappa shape index (κ2) is 16.1. The third-order valence-corrected chi connectivity index (χ3v) is 12.6. The highest BCUT2D eigenvalue weighted by molar-refractivity contribution is 9.10. The quantitative estimate of drug-likeness (QED) is 0.136. The van der Waals surface area contributed by atoms with Crippen LogP contribution in [0.15, 0.2) is 229 Å². The monoisotopic (exact) mass is 850 g/mol. The molecular formula is C57H43BrN2O. The molecule has 9 aromatic carbocycles. The summed E-state index contributed by atoms with van der Waals surface area (Å²) in [4.78, 5) is 4.62. The maximum absolute atomic E-state index is 6.83. The number of hydrogen-bond acceptors (Lipinski definition) is 3. The molecule has 0 bridgehead atoms. The highest BCUT2D eigenvalue weighted by Gasteiger charge is 2.36. The minimum absolute atomic E-state index is 0.203. The number of para-hydroxylation sites is 2. The molecule has 10 rings (SSSR count). The maximum Gasteiger partial charge on any atom is 0.143 e. The van der Waals surface area contributed by atoms with Crippen molar-refractivity contribution in [2.75, 3.05) is 9.80 Å². The van der Waals surface area contributed by atoms with Crippen LogP contribution in [0, 0.1) is 0 Å². The molecule has 0 saturated carbocycles. The number of benzene rings is 9. The zero-order valence-electron chi connectivity index (χ0n) is 34.0. The molecule has 0 amide bonds. The van der Waals surface area contributed by atoms with E-state index in [-0.39, 0.29) is 5.41 Å². The van der Waals surface area contributed by atoms with Crippen LogP contribution in [0.1, 0.15) is 25.0 Å². The van der Waals surface area contributed by atoms with Crippen molar-refractivity contribution in [3.05, 3.63) is 240 Å². The fourth-order valence-electron chi connectivity index (χ4n) is 8.70. The first-order chi connectivity index (χ1) is 29.9.